The first-order valence-electron chi connectivity index (χ1n) is 21.0. The van der Waals surface area contributed by atoms with Crippen molar-refractivity contribution in [3.05, 3.63) is 114 Å². The van der Waals surface area contributed by atoms with E-state index in [2.05, 4.69) is 87.3 Å². The predicted molar refractivity (Wildman–Crippen MR) is 231 cm³/mol. The van der Waals surface area contributed by atoms with Crippen LogP contribution in [0.15, 0.2) is 91.6 Å². The van der Waals surface area contributed by atoms with Gasteiger partial charge in [-0.2, -0.15) is 0 Å². The van der Waals surface area contributed by atoms with Crippen LogP contribution in [0.1, 0.15) is 114 Å². The highest BCUT2D eigenvalue weighted by Crippen LogP contribution is 2.39. The SMILES string of the molecule is C=CC1CCC(c2ccc(-c3ccc(-c4cc(CCCOC(=O)C(=C)C)c(OCCC(CO)(CO)CCC)c(CCCOC(=O)C(=C)C)c4)c(CC)c3)cc2)CC1. The Hall–Kier alpha value is -4.46. The van der Waals surface area contributed by atoms with Crippen LogP contribution in [0.3, 0.4) is 0 Å². The lowest BCUT2D eigenvalue weighted by Gasteiger charge is -2.30. The summed E-state index contributed by atoms with van der Waals surface area (Å²) in [6, 6.07) is 20.2. The average Bonchev–Trinajstić information content (AvgIpc) is 3.23. The minimum atomic E-state index is -0.633. The Morgan fingerprint density at radius 2 is 1.28 bits per heavy atom. The lowest BCUT2D eigenvalue weighted by molar-refractivity contribution is -0.139. The largest absolute Gasteiger partial charge is 0.493 e. The summed E-state index contributed by atoms with van der Waals surface area (Å²) < 4.78 is 17.5. The molecule has 0 amide bonds. The Morgan fingerprint density at radius 3 is 1.77 bits per heavy atom. The molecule has 1 fully saturated rings. The number of hydrogen-bond acceptors (Lipinski definition) is 7. The van der Waals surface area contributed by atoms with Crippen molar-refractivity contribution in [2.45, 2.75) is 111 Å². The minimum Gasteiger partial charge on any atom is -0.493 e. The molecule has 3 aromatic carbocycles. The summed E-state index contributed by atoms with van der Waals surface area (Å²) in [7, 11) is 0. The van der Waals surface area contributed by atoms with E-state index in [0.29, 0.717) is 68.1 Å². The van der Waals surface area contributed by atoms with Gasteiger partial charge in [-0.1, -0.05) is 82.0 Å². The van der Waals surface area contributed by atoms with Crippen LogP contribution in [-0.4, -0.2) is 55.2 Å². The molecule has 308 valence electrons. The van der Waals surface area contributed by atoms with Crippen LogP contribution >= 0.6 is 0 Å². The highest BCUT2D eigenvalue weighted by Gasteiger charge is 2.28. The third-order valence-electron chi connectivity index (χ3n) is 11.5. The van der Waals surface area contributed by atoms with Crippen LogP contribution in [0, 0.1) is 11.3 Å². The van der Waals surface area contributed by atoms with Gasteiger partial charge in [0.1, 0.15) is 5.75 Å². The first-order valence-corrected chi connectivity index (χ1v) is 21.0. The number of ether oxygens (including phenoxy) is 3. The summed E-state index contributed by atoms with van der Waals surface area (Å²) in [5.41, 5.74) is 9.26. The van der Waals surface area contributed by atoms with E-state index < -0.39 is 17.4 Å². The van der Waals surface area contributed by atoms with E-state index in [1.54, 1.807) is 13.8 Å². The van der Waals surface area contributed by atoms with E-state index in [1.807, 2.05) is 6.92 Å². The number of aliphatic hydroxyl groups is 2. The van der Waals surface area contributed by atoms with Crippen LogP contribution in [0.2, 0.25) is 0 Å². The summed E-state index contributed by atoms with van der Waals surface area (Å²) in [5, 5.41) is 20.5. The molecule has 0 bridgehead atoms. The fraction of sp³-hybridized carbons (Fsp3) is 0.480. The van der Waals surface area contributed by atoms with Crippen molar-refractivity contribution in [3.63, 3.8) is 0 Å². The minimum absolute atomic E-state index is 0.127. The molecule has 0 atom stereocenters. The van der Waals surface area contributed by atoms with E-state index in [-0.39, 0.29) is 26.4 Å². The molecule has 1 aliphatic carbocycles. The van der Waals surface area contributed by atoms with Gasteiger partial charge in [0.2, 0.25) is 0 Å². The molecule has 0 radical (unpaired) electrons. The molecule has 0 spiro atoms. The molecular weight excluding hydrogens is 713 g/mol. The Morgan fingerprint density at radius 1 is 0.737 bits per heavy atom. The van der Waals surface area contributed by atoms with Gasteiger partial charge in [-0.15, -0.1) is 6.58 Å². The number of aryl methyl sites for hydroxylation is 3. The van der Waals surface area contributed by atoms with Crippen LogP contribution < -0.4 is 4.74 Å². The number of hydrogen-bond donors (Lipinski definition) is 2. The molecule has 3 aromatic rings. The van der Waals surface area contributed by atoms with E-state index in [4.69, 9.17) is 14.2 Å². The van der Waals surface area contributed by atoms with Crippen molar-refractivity contribution in [1.29, 1.82) is 0 Å². The average molecular weight is 779 g/mol. The van der Waals surface area contributed by atoms with Gasteiger partial charge in [-0.25, -0.2) is 9.59 Å². The zero-order valence-corrected chi connectivity index (χ0v) is 35.0. The zero-order chi connectivity index (χ0) is 41.4. The topological polar surface area (TPSA) is 102 Å². The maximum absolute atomic E-state index is 12.2. The van der Waals surface area contributed by atoms with E-state index >= 15 is 0 Å². The number of carbonyl (C=O) groups excluding carboxylic acids is 2. The number of rotatable bonds is 23. The summed E-state index contributed by atoms with van der Waals surface area (Å²) in [6.45, 7) is 19.4. The van der Waals surface area contributed by atoms with Crippen molar-refractivity contribution in [2.24, 2.45) is 11.3 Å². The number of carbonyl (C=O) groups is 2. The van der Waals surface area contributed by atoms with Crippen molar-refractivity contribution < 1.29 is 34.0 Å². The molecule has 4 rings (SSSR count). The molecule has 0 heterocycles. The van der Waals surface area contributed by atoms with E-state index in [9.17, 15) is 19.8 Å². The van der Waals surface area contributed by atoms with Crippen molar-refractivity contribution in [2.75, 3.05) is 33.0 Å². The summed E-state index contributed by atoms with van der Waals surface area (Å²) in [5.74, 6) is 1.17. The molecule has 7 heteroatoms. The first-order chi connectivity index (χ1) is 27.5. The van der Waals surface area contributed by atoms with Crippen molar-refractivity contribution in [3.8, 4) is 28.0 Å². The van der Waals surface area contributed by atoms with Crippen molar-refractivity contribution in [1.82, 2.24) is 0 Å². The number of aliphatic hydroxyl groups excluding tert-OH is 2. The van der Waals surface area contributed by atoms with Crippen LogP contribution in [-0.2, 0) is 38.3 Å². The van der Waals surface area contributed by atoms with Gasteiger partial charge in [0.25, 0.3) is 0 Å². The molecule has 0 saturated heterocycles. The monoisotopic (exact) mass is 778 g/mol. The Bertz CT molecular complexity index is 1750. The van der Waals surface area contributed by atoms with Gasteiger partial charge >= 0.3 is 11.9 Å². The first kappa shape index (κ1) is 45.2. The van der Waals surface area contributed by atoms with E-state index in [0.717, 1.165) is 40.8 Å². The van der Waals surface area contributed by atoms with Gasteiger partial charge in [0.15, 0.2) is 0 Å². The fourth-order valence-electron chi connectivity index (χ4n) is 7.94. The van der Waals surface area contributed by atoms with Crippen molar-refractivity contribution >= 4 is 11.9 Å². The summed E-state index contributed by atoms with van der Waals surface area (Å²) >= 11 is 0. The second kappa shape index (κ2) is 22.5. The van der Waals surface area contributed by atoms with Crippen LogP contribution in [0.5, 0.6) is 5.75 Å². The maximum Gasteiger partial charge on any atom is 0.333 e. The Kier molecular flexibility index (Phi) is 17.8. The predicted octanol–water partition coefficient (Wildman–Crippen LogP) is 10.7. The van der Waals surface area contributed by atoms with Gasteiger partial charge in [0.05, 0.1) is 33.0 Å². The smallest absolute Gasteiger partial charge is 0.333 e. The summed E-state index contributed by atoms with van der Waals surface area (Å²) in [4.78, 5) is 24.4. The van der Waals surface area contributed by atoms with Gasteiger partial charge in [-0.3, -0.25) is 0 Å². The second-order valence-electron chi connectivity index (χ2n) is 16.0. The van der Waals surface area contributed by atoms with Gasteiger partial charge < -0.3 is 24.4 Å². The third kappa shape index (κ3) is 12.8. The molecule has 0 aromatic heterocycles. The number of allylic oxidation sites excluding steroid dienone is 1. The highest BCUT2D eigenvalue weighted by atomic mass is 16.5. The fourth-order valence-corrected chi connectivity index (χ4v) is 7.94. The maximum atomic E-state index is 12.2. The summed E-state index contributed by atoms with van der Waals surface area (Å²) in [6.07, 6.45) is 12.1. The normalized spacial score (nSPS) is 15.5. The second-order valence-corrected chi connectivity index (χ2v) is 16.0. The van der Waals surface area contributed by atoms with Crippen LogP contribution in [0.25, 0.3) is 22.3 Å². The molecule has 1 aliphatic rings. The van der Waals surface area contributed by atoms with Gasteiger partial charge in [-0.05, 0) is 153 Å². The van der Waals surface area contributed by atoms with Gasteiger partial charge in [0, 0.05) is 16.6 Å². The molecular formula is C50H66O7. The lowest BCUT2D eigenvalue weighted by atomic mass is 9.78. The molecule has 0 aliphatic heterocycles. The molecule has 0 unspecified atom stereocenters. The Labute approximate surface area is 341 Å². The zero-order valence-electron chi connectivity index (χ0n) is 35.0. The van der Waals surface area contributed by atoms with Crippen LogP contribution in [0.4, 0.5) is 0 Å². The standard InChI is InChI=1S/C50H66O7/c1-8-25-50(33-51,34-52)26-29-55-47-43(13-11-27-56-48(53)35(4)5)31-45(32-44(47)14-12-28-57-49(54)36(6)7)46-24-23-42(30-38(46)10-3)41-21-19-40(20-22-41)39-17-15-37(9-2)16-18-39/h9,19-24,30-32,37,39,51-52H,2,4,6,8,10-18,25-29,33-34H2,1,3,5,7H3. The number of esters is 2. The third-order valence-corrected chi connectivity index (χ3v) is 11.5. The molecule has 57 heavy (non-hydrogen) atoms. The lowest BCUT2D eigenvalue weighted by Crippen LogP contribution is -2.31. The quantitative estimate of drug-likeness (QED) is 0.0428. The van der Waals surface area contributed by atoms with E-state index in [1.165, 1.54) is 47.9 Å². The molecule has 7 nitrogen and oxygen atoms in total. The Balaban J connectivity index is 1.69. The highest BCUT2D eigenvalue weighted by molar-refractivity contribution is 5.87. The number of benzene rings is 3. The molecule has 1 saturated carbocycles. The molecule has 2 N–H and O–H groups in total.